The molecule has 1 aromatic carbocycles. The second kappa shape index (κ2) is 10.3. The number of urea groups is 1. The van der Waals surface area contributed by atoms with Gasteiger partial charge in [-0.25, -0.2) is 14.3 Å². The number of nitrogens with one attached hydrogen (secondary N) is 1. The van der Waals surface area contributed by atoms with Crippen LogP contribution in [0.5, 0.6) is 11.5 Å². The van der Waals surface area contributed by atoms with E-state index in [9.17, 15) is 15.2 Å². The molecule has 7 rings (SSSR count). The van der Waals surface area contributed by atoms with Crippen LogP contribution in [0.15, 0.2) is 61.1 Å². The number of benzene rings is 1. The third kappa shape index (κ3) is 5.21. The van der Waals surface area contributed by atoms with E-state index >= 15 is 0 Å². The number of piperidine rings is 1. The van der Waals surface area contributed by atoms with Crippen LogP contribution in [0.3, 0.4) is 0 Å². The van der Waals surface area contributed by atoms with Crippen molar-refractivity contribution < 1.29 is 19.4 Å². The van der Waals surface area contributed by atoms with Crippen molar-refractivity contribution in [3.05, 3.63) is 66.6 Å². The molecule has 4 aromatic rings. The van der Waals surface area contributed by atoms with E-state index in [4.69, 9.17) is 14.5 Å². The number of amides is 2. The Balaban J connectivity index is 1.17. The number of ether oxygens (including phenoxy) is 2. The van der Waals surface area contributed by atoms with Crippen LogP contribution in [0, 0.1) is 11.3 Å². The highest BCUT2D eigenvalue weighted by molar-refractivity contribution is 5.91. The number of hydrogen-bond acceptors (Lipinski definition) is 8. The van der Waals surface area contributed by atoms with Gasteiger partial charge in [-0.2, -0.15) is 10.4 Å². The standard InChI is InChI=1S/C30H31N7O4/c1-30(2,39)18-41-25-11-26(28-20(12-31)14-33-36(28)17-25)19-4-9-27(32-13-19)35-15-22-10-23(16-35)37(22)29(38)34-21-5-7-24(40-3)8-6-21/h4-9,11,13-14,17,22-23,39H,10,15-16,18H2,1-3H3,(H,34,38). The molecule has 2 bridgehead atoms. The summed E-state index contributed by atoms with van der Waals surface area (Å²) in [5.41, 5.74) is 2.41. The highest BCUT2D eigenvalue weighted by Gasteiger charge is 2.47. The molecule has 0 aliphatic carbocycles. The first-order chi connectivity index (χ1) is 19.7. The molecule has 3 saturated heterocycles. The van der Waals surface area contributed by atoms with Crippen LogP contribution in [0.2, 0.25) is 0 Å². The minimum absolute atomic E-state index is 0.0934. The number of hydrogen-bond donors (Lipinski definition) is 2. The molecule has 3 aromatic heterocycles. The second-order valence-corrected chi connectivity index (χ2v) is 11.1. The Morgan fingerprint density at radius 2 is 1.90 bits per heavy atom. The molecule has 2 atom stereocenters. The number of aromatic nitrogens is 3. The molecular weight excluding hydrogens is 522 g/mol. The maximum absolute atomic E-state index is 13.0. The fourth-order valence-corrected chi connectivity index (χ4v) is 5.46. The summed E-state index contributed by atoms with van der Waals surface area (Å²) < 4.78 is 12.6. The number of nitriles is 1. The van der Waals surface area contributed by atoms with Gasteiger partial charge in [-0.05, 0) is 62.7 Å². The Bertz CT molecular complexity index is 1610. The Morgan fingerprint density at radius 1 is 1.15 bits per heavy atom. The summed E-state index contributed by atoms with van der Waals surface area (Å²) in [5, 5.41) is 27.1. The van der Waals surface area contributed by atoms with Crippen molar-refractivity contribution in [2.24, 2.45) is 0 Å². The molecule has 3 aliphatic rings. The fourth-order valence-electron chi connectivity index (χ4n) is 5.46. The number of rotatable bonds is 7. The summed E-state index contributed by atoms with van der Waals surface area (Å²) in [4.78, 5) is 21.9. The van der Waals surface area contributed by atoms with Gasteiger partial charge in [-0.1, -0.05) is 0 Å². The van der Waals surface area contributed by atoms with Gasteiger partial charge in [0, 0.05) is 36.1 Å². The van der Waals surface area contributed by atoms with E-state index in [2.05, 4.69) is 21.4 Å². The zero-order valence-corrected chi connectivity index (χ0v) is 23.1. The largest absolute Gasteiger partial charge is 0.497 e. The van der Waals surface area contributed by atoms with Gasteiger partial charge in [0.05, 0.1) is 48.3 Å². The van der Waals surface area contributed by atoms with Gasteiger partial charge >= 0.3 is 6.03 Å². The Labute approximate surface area is 237 Å². The topological polar surface area (TPSA) is 128 Å². The lowest BCUT2D eigenvalue weighted by Crippen LogP contribution is -2.71. The average Bonchev–Trinajstić information content (AvgIpc) is 3.39. The lowest BCUT2D eigenvalue weighted by molar-refractivity contribution is 0.0283. The van der Waals surface area contributed by atoms with Crippen LogP contribution in [0.1, 0.15) is 25.8 Å². The number of piperazine rings is 1. The molecule has 3 aliphatic heterocycles. The molecule has 41 heavy (non-hydrogen) atoms. The number of nitrogens with zero attached hydrogens (tertiary/aromatic N) is 6. The monoisotopic (exact) mass is 553 g/mol. The number of carbonyl (C=O) groups is 1. The average molecular weight is 554 g/mol. The third-order valence-corrected chi connectivity index (χ3v) is 7.45. The molecule has 2 unspecified atom stereocenters. The van der Waals surface area contributed by atoms with Crippen molar-refractivity contribution in [1.29, 1.82) is 5.26 Å². The van der Waals surface area contributed by atoms with Crippen LogP contribution < -0.4 is 19.7 Å². The maximum Gasteiger partial charge on any atom is 0.322 e. The summed E-state index contributed by atoms with van der Waals surface area (Å²) in [6.45, 7) is 4.85. The molecule has 210 valence electrons. The van der Waals surface area contributed by atoms with Crippen LogP contribution in [-0.2, 0) is 0 Å². The predicted octanol–water partition coefficient (Wildman–Crippen LogP) is 3.92. The first-order valence-corrected chi connectivity index (χ1v) is 13.4. The normalized spacial score (nSPS) is 18.0. The third-order valence-electron chi connectivity index (χ3n) is 7.45. The summed E-state index contributed by atoms with van der Waals surface area (Å²) >= 11 is 0. The molecule has 2 amide bonds. The molecule has 0 saturated carbocycles. The number of carbonyl (C=O) groups excluding carboxylic acids is 1. The molecule has 11 heteroatoms. The number of methoxy groups -OCH3 is 1. The van der Waals surface area contributed by atoms with E-state index < -0.39 is 5.60 Å². The molecule has 11 nitrogen and oxygen atoms in total. The first-order valence-electron chi connectivity index (χ1n) is 13.4. The van der Waals surface area contributed by atoms with E-state index in [1.165, 1.54) is 6.20 Å². The number of fused-ring (bicyclic) bond motifs is 3. The van der Waals surface area contributed by atoms with Crippen molar-refractivity contribution in [2.75, 3.05) is 37.0 Å². The molecular formula is C30H31N7O4. The van der Waals surface area contributed by atoms with Gasteiger partial charge in [-0.15, -0.1) is 0 Å². The molecule has 2 N–H and O–H groups in total. The van der Waals surface area contributed by atoms with Gasteiger partial charge in [0.1, 0.15) is 30.0 Å². The predicted molar refractivity (Wildman–Crippen MR) is 153 cm³/mol. The molecule has 0 spiro atoms. The molecule has 6 heterocycles. The lowest BCUT2D eigenvalue weighted by Gasteiger charge is -2.56. The quantitative estimate of drug-likeness (QED) is 0.353. The van der Waals surface area contributed by atoms with E-state index in [-0.39, 0.29) is 24.7 Å². The van der Waals surface area contributed by atoms with Crippen LogP contribution in [0.4, 0.5) is 16.3 Å². The number of anilines is 2. The van der Waals surface area contributed by atoms with Gasteiger partial charge in [0.2, 0.25) is 0 Å². The van der Waals surface area contributed by atoms with Crippen LogP contribution in [0.25, 0.3) is 16.6 Å². The van der Waals surface area contributed by atoms with Crippen molar-refractivity contribution >= 4 is 23.1 Å². The number of aliphatic hydroxyl groups is 1. The lowest BCUT2D eigenvalue weighted by atomic mass is 9.88. The maximum atomic E-state index is 13.0. The van der Waals surface area contributed by atoms with E-state index in [0.717, 1.165) is 34.8 Å². The summed E-state index contributed by atoms with van der Waals surface area (Å²) in [5.74, 6) is 2.10. The van der Waals surface area contributed by atoms with Crippen molar-refractivity contribution in [3.63, 3.8) is 0 Å². The zero-order valence-electron chi connectivity index (χ0n) is 23.1. The number of pyridine rings is 2. The minimum atomic E-state index is -0.999. The smallest absolute Gasteiger partial charge is 0.322 e. The van der Waals surface area contributed by atoms with Crippen molar-refractivity contribution in [2.45, 2.75) is 38.0 Å². The molecule has 0 radical (unpaired) electrons. The Hall–Kier alpha value is -4.82. The first kappa shape index (κ1) is 26.4. The van der Waals surface area contributed by atoms with Crippen LogP contribution in [-0.4, -0.2) is 75.1 Å². The highest BCUT2D eigenvalue weighted by atomic mass is 16.5. The van der Waals surface area contributed by atoms with Crippen molar-refractivity contribution in [1.82, 2.24) is 19.5 Å². The van der Waals surface area contributed by atoms with Gasteiger partial charge in [0.15, 0.2) is 0 Å². The second-order valence-electron chi connectivity index (χ2n) is 11.1. The van der Waals surface area contributed by atoms with Gasteiger partial charge < -0.3 is 29.7 Å². The SMILES string of the molecule is COc1ccc(NC(=O)N2C3CC2CN(c2ccc(-c4cc(OCC(C)(C)O)cn5ncc(C#N)c45)cn2)C3)cc1. The Morgan fingerprint density at radius 3 is 2.54 bits per heavy atom. The van der Waals surface area contributed by atoms with Crippen LogP contribution >= 0.6 is 0 Å². The highest BCUT2D eigenvalue weighted by Crippen LogP contribution is 2.36. The summed E-state index contributed by atoms with van der Waals surface area (Å²) in [6.07, 6.45) is 5.98. The zero-order chi connectivity index (χ0) is 28.7. The van der Waals surface area contributed by atoms with Gasteiger partial charge in [-0.3, -0.25) is 0 Å². The van der Waals surface area contributed by atoms with Gasteiger partial charge in [0.25, 0.3) is 0 Å². The summed E-state index contributed by atoms with van der Waals surface area (Å²) in [6, 6.07) is 15.4. The van der Waals surface area contributed by atoms with E-state index in [0.29, 0.717) is 29.9 Å². The van der Waals surface area contributed by atoms with Crippen molar-refractivity contribution in [3.8, 4) is 28.7 Å². The minimum Gasteiger partial charge on any atom is -0.497 e. The summed E-state index contributed by atoms with van der Waals surface area (Å²) in [7, 11) is 1.61. The van der Waals surface area contributed by atoms with E-state index in [1.54, 1.807) is 37.9 Å². The van der Waals surface area contributed by atoms with E-state index in [1.807, 2.05) is 47.4 Å². The fraction of sp³-hybridized carbons (Fsp3) is 0.333. The Kier molecular flexibility index (Phi) is 6.63. The molecule has 3 fully saturated rings.